The molecule has 1 fully saturated rings. The summed E-state index contributed by atoms with van der Waals surface area (Å²) in [7, 11) is 1.95. The van der Waals surface area contributed by atoms with E-state index in [0.717, 1.165) is 19.3 Å². The maximum absolute atomic E-state index is 12.3. The molecule has 0 aromatic heterocycles. The van der Waals surface area contributed by atoms with Crippen LogP contribution >= 0.6 is 0 Å². The first kappa shape index (κ1) is 13.3. The van der Waals surface area contributed by atoms with Crippen LogP contribution < -0.4 is 0 Å². The Bertz CT molecular complexity index is 569. The van der Waals surface area contributed by atoms with Crippen LogP contribution in [-0.2, 0) is 21.5 Å². The van der Waals surface area contributed by atoms with E-state index in [9.17, 15) is 9.59 Å². The molecule has 20 heavy (non-hydrogen) atoms. The molecule has 1 spiro atoms. The minimum Gasteiger partial charge on any atom is -0.481 e. The van der Waals surface area contributed by atoms with Crippen molar-refractivity contribution in [3.63, 3.8) is 0 Å². The summed E-state index contributed by atoms with van der Waals surface area (Å²) < 4.78 is 0. The van der Waals surface area contributed by atoms with Gasteiger partial charge in [0.05, 0.1) is 5.54 Å². The molecule has 4 heteroatoms. The monoisotopic (exact) mass is 273 g/mol. The maximum Gasteiger partial charge on any atom is 0.315 e. The minimum atomic E-state index is -0.999. The number of carboxylic acids is 1. The van der Waals surface area contributed by atoms with Gasteiger partial charge >= 0.3 is 5.97 Å². The number of aliphatic carboxylic acids is 1. The molecular formula is C16H19NO3. The fourth-order valence-electron chi connectivity index (χ4n) is 3.79. The highest BCUT2D eigenvalue weighted by atomic mass is 16.4. The average molecular weight is 273 g/mol. The third-order valence-electron chi connectivity index (χ3n) is 4.90. The van der Waals surface area contributed by atoms with E-state index in [2.05, 4.69) is 17.0 Å². The summed E-state index contributed by atoms with van der Waals surface area (Å²) in [6.07, 6.45) is 3.34. The molecule has 1 heterocycles. The number of hydrogen-bond donors (Lipinski definition) is 1. The van der Waals surface area contributed by atoms with Crippen molar-refractivity contribution < 1.29 is 14.7 Å². The van der Waals surface area contributed by atoms with Gasteiger partial charge in [-0.05, 0) is 37.4 Å². The summed E-state index contributed by atoms with van der Waals surface area (Å²) in [6, 6.07) is 8.26. The van der Waals surface area contributed by atoms with Crippen LogP contribution in [0.2, 0.25) is 0 Å². The number of piperidine rings is 1. The average Bonchev–Trinajstić information content (AvgIpc) is 2.43. The second-order valence-corrected chi connectivity index (χ2v) is 5.96. The number of aryl methyl sites for hydroxylation is 1. The van der Waals surface area contributed by atoms with Crippen molar-refractivity contribution in [3.8, 4) is 0 Å². The molecular weight excluding hydrogens is 254 g/mol. The predicted molar refractivity (Wildman–Crippen MR) is 74.4 cm³/mol. The number of carboxylic acid groups (broad SMARTS) is 1. The van der Waals surface area contributed by atoms with Crippen molar-refractivity contribution in [1.29, 1.82) is 0 Å². The Morgan fingerprint density at radius 2 is 2.15 bits per heavy atom. The lowest BCUT2D eigenvalue weighted by atomic mass is 9.69. The Kier molecular flexibility index (Phi) is 3.13. The topological polar surface area (TPSA) is 57.6 Å². The van der Waals surface area contributed by atoms with Crippen molar-refractivity contribution >= 4 is 11.8 Å². The molecule has 1 aromatic carbocycles. The molecule has 1 aromatic rings. The lowest BCUT2D eigenvalue weighted by molar-refractivity contribution is -0.152. The van der Waals surface area contributed by atoms with Crippen molar-refractivity contribution in [2.24, 2.45) is 5.92 Å². The Hall–Kier alpha value is -1.68. The lowest BCUT2D eigenvalue weighted by Gasteiger charge is -2.49. The molecule has 4 nitrogen and oxygen atoms in total. The van der Waals surface area contributed by atoms with E-state index >= 15 is 0 Å². The van der Waals surface area contributed by atoms with Gasteiger partial charge in [-0.2, -0.15) is 0 Å². The summed E-state index contributed by atoms with van der Waals surface area (Å²) in [6.45, 7) is 0.308. The van der Waals surface area contributed by atoms with E-state index in [-0.39, 0.29) is 11.3 Å². The Balaban J connectivity index is 2.02. The first-order chi connectivity index (χ1) is 9.54. The zero-order chi connectivity index (χ0) is 14.3. The van der Waals surface area contributed by atoms with Gasteiger partial charge < -0.3 is 5.11 Å². The summed E-state index contributed by atoms with van der Waals surface area (Å²) >= 11 is 0. The van der Waals surface area contributed by atoms with E-state index in [1.54, 1.807) is 0 Å². The Morgan fingerprint density at radius 3 is 2.90 bits per heavy atom. The van der Waals surface area contributed by atoms with Gasteiger partial charge in [-0.3, -0.25) is 14.5 Å². The van der Waals surface area contributed by atoms with Gasteiger partial charge in [0.2, 0.25) is 0 Å². The highest BCUT2D eigenvalue weighted by Gasteiger charge is 2.48. The predicted octanol–water partition coefficient (Wildman–Crippen LogP) is 1.82. The second-order valence-electron chi connectivity index (χ2n) is 5.96. The van der Waals surface area contributed by atoms with Crippen molar-refractivity contribution in [3.05, 3.63) is 35.4 Å². The molecule has 1 aliphatic heterocycles. The van der Waals surface area contributed by atoms with Crippen molar-refractivity contribution in [2.75, 3.05) is 13.6 Å². The number of ketones is 1. The van der Waals surface area contributed by atoms with Crippen LogP contribution in [0, 0.1) is 5.92 Å². The highest BCUT2D eigenvalue weighted by molar-refractivity contribution is 5.99. The van der Waals surface area contributed by atoms with Gasteiger partial charge in [-0.1, -0.05) is 24.3 Å². The normalized spacial score (nSPS) is 30.2. The van der Waals surface area contributed by atoms with Crippen LogP contribution in [0.5, 0.6) is 0 Å². The van der Waals surface area contributed by atoms with Crippen molar-refractivity contribution in [2.45, 2.75) is 31.2 Å². The van der Waals surface area contributed by atoms with Crippen molar-refractivity contribution in [1.82, 2.24) is 4.90 Å². The fourth-order valence-corrected chi connectivity index (χ4v) is 3.79. The standard InChI is InChI=1S/C16H19NO3/c1-17-10-12(15(19)20)14(18)9-16(17)8-4-6-11-5-2-3-7-13(11)16/h2-3,5,7,12H,4,6,8-10H2,1H3,(H,19,20)/t12?,16-/m0/s1. The van der Waals surface area contributed by atoms with E-state index in [4.69, 9.17) is 5.11 Å². The van der Waals surface area contributed by atoms with Gasteiger partial charge in [-0.25, -0.2) is 0 Å². The number of nitrogens with zero attached hydrogens (tertiary/aromatic N) is 1. The number of fused-ring (bicyclic) bond motifs is 2. The maximum atomic E-state index is 12.3. The fraction of sp³-hybridized carbons (Fsp3) is 0.500. The molecule has 3 rings (SSSR count). The number of benzene rings is 1. The Morgan fingerprint density at radius 1 is 1.40 bits per heavy atom. The number of carbonyl (C=O) groups excluding carboxylic acids is 1. The first-order valence-electron chi connectivity index (χ1n) is 7.10. The zero-order valence-electron chi connectivity index (χ0n) is 11.6. The van der Waals surface area contributed by atoms with E-state index in [1.165, 1.54) is 11.1 Å². The molecule has 1 saturated heterocycles. The molecule has 1 aliphatic carbocycles. The van der Waals surface area contributed by atoms with Crippen LogP contribution in [-0.4, -0.2) is 35.4 Å². The number of hydrogen-bond acceptors (Lipinski definition) is 3. The van der Waals surface area contributed by atoms with Gasteiger partial charge in [0.25, 0.3) is 0 Å². The molecule has 2 atom stereocenters. The smallest absolute Gasteiger partial charge is 0.315 e. The van der Waals surface area contributed by atoms with Gasteiger partial charge in [-0.15, -0.1) is 0 Å². The van der Waals surface area contributed by atoms with Crippen LogP contribution in [0.15, 0.2) is 24.3 Å². The third kappa shape index (κ3) is 1.86. The van der Waals surface area contributed by atoms with Gasteiger partial charge in [0.15, 0.2) is 5.78 Å². The summed E-state index contributed by atoms with van der Waals surface area (Å²) in [5.74, 6) is -2.01. The lowest BCUT2D eigenvalue weighted by Crippen LogP contribution is -2.56. The third-order valence-corrected chi connectivity index (χ3v) is 4.90. The van der Waals surface area contributed by atoms with Crippen LogP contribution in [0.3, 0.4) is 0 Å². The van der Waals surface area contributed by atoms with Crippen LogP contribution in [0.25, 0.3) is 0 Å². The molecule has 0 amide bonds. The van der Waals surface area contributed by atoms with Crippen LogP contribution in [0.1, 0.15) is 30.4 Å². The molecule has 0 bridgehead atoms. The minimum absolute atomic E-state index is 0.132. The molecule has 2 aliphatic rings. The summed E-state index contributed by atoms with van der Waals surface area (Å²) in [5.41, 5.74) is 2.22. The summed E-state index contributed by atoms with van der Waals surface area (Å²) in [4.78, 5) is 25.5. The van der Waals surface area contributed by atoms with Gasteiger partial charge in [0, 0.05) is 13.0 Å². The van der Waals surface area contributed by atoms with Gasteiger partial charge in [0.1, 0.15) is 5.92 Å². The molecule has 106 valence electrons. The first-order valence-corrected chi connectivity index (χ1v) is 7.10. The van der Waals surface area contributed by atoms with E-state index in [0.29, 0.717) is 13.0 Å². The van der Waals surface area contributed by atoms with E-state index in [1.807, 2.05) is 19.2 Å². The molecule has 0 saturated carbocycles. The second kappa shape index (κ2) is 4.70. The Labute approximate surface area is 118 Å². The largest absolute Gasteiger partial charge is 0.481 e. The van der Waals surface area contributed by atoms with E-state index < -0.39 is 11.9 Å². The van der Waals surface area contributed by atoms with Crippen LogP contribution in [0.4, 0.5) is 0 Å². The number of carbonyl (C=O) groups is 2. The number of likely N-dealkylation sites (tertiary alicyclic amines) is 1. The highest BCUT2D eigenvalue weighted by Crippen LogP contribution is 2.45. The molecule has 1 unspecified atom stereocenters. The SMILES string of the molecule is CN1CC(C(=O)O)C(=O)C[C@]12CCCc1ccccc12. The zero-order valence-corrected chi connectivity index (χ0v) is 11.6. The quantitative estimate of drug-likeness (QED) is 0.793. The molecule has 0 radical (unpaired) electrons. The molecule has 1 N–H and O–H groups in total. The number of Topliss-reactive ketones (excluding diaryl/α,β-unsaturated/α-hetero) is 1. The summed E-state index contributed by atoms with van der Waals surface area (Å²) in [5, 5.41) is 9.16. The number of rotatable bonds is 1.